The number of fused-ring (bicyclic) bond motifs is 1. The predicted octanol–water partition coefficient (Wildman–Crippen LogP) is 1.11. The molecule has 1 N–H and O–H groups in total. The topological polar surface area (TPSA) is 60.0 Å². The van der Waals surface area contributed by atoms with Crippen molar-refractivity contribution in [1.29, 1.82) is 0 Å². The largest absolute Gasteiger partial charge is 0.454 e. The van der Waals surface area contributed by atoms with Crippen LogP contribution in [0.2, 0.25) is 0 Å². The molecule has 120 valence electrons. The number of nitrogens with one attached hydrogen (secondary N) is 1. The Hall–Kier alpha value is -1.79. The van der Waals surface area contributed by atoms with Crippen molar-refractivity contribution in [3.8, 4) is 11.5 Å². The Morgan fingerprint density at radius 1 is 1.27 bits per heavy atom. The first kappa shape index (κ1) is 15.1. The van der Waals surface area contributed by atoms with E-state index in [1.807, 2.05) is 0 Å². The molecule has 2 aliphatic heterocycles. The summed E-state index contributed by atoms with van der Waals surface area (Å²) in [5, 5.41) is 2.99. The lowest BCUT2D eigenvalue weighted by atomic mass is 10.1. The van der Waals surface area contributed by atoms with Gasteiger partial charge in [0.2, 0.25) is 6.79 Å². The molecule has 3 rings (SSSR count). The second-order valence-corrected chi connectivity index (χ2v) is 5.80. The van der Waals surface area contributed by atoms with Gasteiger partial charge < -0.3 is 19.5 Å². The second kappa shape index (κ2) is 6.98. The molecule has 0 aromatic heterocycles. The number of nitrogens with zero attached hydrogens (tertiary/aromatic N) is 1. The molecule has 1 saturated heterocycles. The molecule has 1 fully saturated rings. The highest BCUT2D eigenvalue weighted by Gasteiger charge is 2.17. The van der Waals surface area contributed by atoms with Gasteiger partial charge in [0.15, 0.2) is 11.5 Å². The zero-order chi connectivity index (χ0) is 15.4. The highest BCUT2D eigenvalue weighted by molar-refractivity contribution is 5.94. The molecule has 6 nitrogen and oxygen atoms in total. The van der Waals surface area contributed by atoms with E-state index >= 15 is 0 Å². The average Bonchev–Trinajstić information content (AvgIpc) is 3.01. The summed E-state index contributed by atoms with van der Waals surface area (Å²) in [6, 6.07) is 5.26. The molecule has 0 spiro atoms. The third-order valence-electron chi connectivity index (χ3n) is 3.92. The lowest BCUT2D eigenvalue weighted by molar-refractivity contribution is 0.0317. The Kier molecular flexibility index (Phi) is 4.80. The number of hydrogen-bond donors (Lipinski definition) is 1. The maximum atomic E-state index is 12.2. The minimum absolute atomic E-state index is 0.0767. The number of ether oxygens (including phenoxy) is 3. The highest BCUT2D eigenvalue weighted by Crippen LogP contribution is 2.32. The Morgan fingerprint density at radius 3 is 2.86 bits per heavy atom. The van der Waals surface area contributed by atoms with E-state index in [0.29, 0.717) is 29.5 Å². The van der Waals surface area contributed by atoms with Gasteiger partial charge in [0.25, 0.3) is 5.91 Å². The van der Waals surface area contributed by atoms with Crippen LogP contribution >= 0.6 is 0 Å². The van der Waals surface area contributed by atoms with E-state index in [1.54, 1.807) is 18.2 Å². The monoisotopic (exact) mass is 306 g/mol. The predicted molar refractivity (Wildman–Crippen MR) is 81.3 cm³/mol. The Labute approximate surface area is 130 Å². The van der Waals surface area contributed by atoms with E-state index in [9.17, 15) is 4.79 Å². The van der Waals surface area contributed by atoms with E-state index in [0.717, 1.165) is 32.8 Å². The molecule has 1 atom stereocenters. The number of hydrogen-bond acceptors (Lipinski definition) is 5. The summed E-state index contributed by atoms with van der Waals surface area (Å²) < 4.78 is 15.9. The summed E-state index contributed by atoms with van der Waals surface area (Å²) in [5.74, 6) is 1.65. The van der Waals surface area contributed by atoms with Gasteiger partial charge in [0.05, 0.1) is 13.2 Å². The van der Waals surface area contributed by atoms with Crippen LogP contribution < -0.4 is 14.8 Å². The normalized spacial score (nSPS) is 19.0. The van der Waals surface area contributed by atoms with Crippen molar-refractivity contribution >= 4 is 5.91 Å². The maximum absolute atomic E-state index is 12.2. The van der Waals surface area contributed by atoms with Gasteiger partial charge in [-0.25, -0.2) is 0 Å². The van der Waals surface area contributed by atoms with Crippen molar-refractivity contribution in [2.24, 2.45) is 5.92 Å². The van der Waals surface area contributed by atoms with Crippen LogP contribution in [0.25, 0.3) is 0 Å². The average molecular weight is 306 g/mol. The van der Waals surface area contributed by atoms with Crippen LogP contribution in [0.5, 0.6) is 11.5 Å². The Balaban J connectivity index is 1.47. The van der Waals surface area contributed by atoms with E-state index in [2.05, 4.69) is 17.1 Å². The minimum atomic E-state index is -0.0767. The fourth-order valence-corrected chi connectivity index (χ4v) is 2.70. The molecule has 1 amide bonds. The fourth-order valence-electron chi connectivity index (χ4n) is 2.70. The summed E-state index contributed by atoms with van der Waals surface area (Å²) in [4.78, 5) is 14.6. The van der Waals surface area contributed by atoms with Crippen LogP contribution in [0.3, 0.4) is 0 Å². The van der Waals surface area contributed by atoms with Gasteiger partial charge in [-0.1, -0.05) is 6.92 Å². The summed E-state index contributed by atoms with van der Waals surface area (Å²) in [7, 11) is 0. The third kappa shape index (κ3) is 3.69. The van der Waals surface area contributed by atoms with Crippen LogP contribution in [-0.4, -0.2) is 57.0 Å². The molecule has 6 heteroatoms. The van der Waals surface area contributed by atoms with E-state index in [-0.39, 0.29) is 12.7 Å². The summed E-state index contributed by atoms with van der Waals surface area (Å²) >= 11 is 0. The number of amides is 1. The maximum Gasteiger partial charge on any atom is 0.251 e. The molecule has 0 aliphatic carbocycles. The number of benzene rings is 1. The molecule has 1 aromatic rings. The first-order valence-corrected chi connectivity index (χ1v) is 7.70. The van der Waals surface area contributed by atoms with Crippen molar-refractivity contribution in [3.63, 3.8) is 0 Å². The highest BCUT2D eigenvalue weighted by atomic mass is 16.7. The van der Waals surface area contributed by atoms with E-state index in [4.69, 9.17) is 14.2 Å². The van der Waals surface area contributed by atoms with Crippen molar-refractivity contribution in [1.82, 2.24) is 10.2 Å². The molecule has 2 heterocycles. The standard InChI is InChI=1S/C16H22N2O4/c1-12(10-18-4-6-20-7-5-18)9-17-16(19)13-2-3-14-15(8-13)22-11-21-14/h2-3,8,12H,4-7,9-11H2,1H3,(H,17,19). The minimum Gasteiger partial charge on any atom is -0.454 e. The van der Waals surface area contributed by atoms with E-state index in [1.165, 1.54) is 0 Å². The number of rotatable bonds is 5. The van der Waals surface area contributed by atoms with Gasteiger partial charge in [0, 0.05) is 31.7 Å². The molecule has 1 unspecified atom stereocenters. The van der Waals surface area contributed by atoms with Crippen molar-refractivity contribution < 1.29 is 19.0 Å². The lowest BCUT2D eigenvalue weighted by Crippen LogP contribution is -2.41. The third-order valence-corrected chi connectivity index (χ3v) is 3.92. The zero-order valence-corrected chi connectivity index (χ0v) is 12.8. The molecular weight excluding hydrogens is 284 g/mol. The quantitative estimate of drug-likeness (QED) is 0.883. The molecule has 2 aliphatic rings. The first-order valence-electron chi connectivity index (χ1n) is 7.70. The molecule has 0 bridgehead atoms. The SMILES string of the molecule is CC(CNC(=O)c1ccc2c(c1)OCO2)CN1CCOCC1. The van der Waals surface area contributed by atoms with Gasteiger partial charge in [-0.3, -0.25) is 9.69 Å². The van der Waals surface area contributed by atoms with Crippen molar-refractivity contribution in [3.05, 3.63) is 23.8 Å². The number of carbonyl (C=O) groups is 1. The van der Waals surface area contributed by atoms with Crippen LogP contribution in [0, 0.1) is 5.92 Å². The van der Waals surface area contributed by atoms with Crippen LogP contribution in [0.1, 0.15) is 17.3 Å². The summed E-state index contributed by atoms with van der Waals surface area (Å²) in [5.41, 5.74) is 0.600. The molecular formula is C16H22N2O4. The van der Waals surface area contributed by atoms with Gasteiger partial charge in [-0.15, -0.1) is 0 Å². The van der Waals surface area contributed by atoms with Crippen LogP contribution in [-0.2, 0) is 4.74 Å². The Morgan fingerprint density at radius 2 is 2.05 bits per heavy atom. The fraction of sp³-hybridized carbons (Fsp3) is 0.562. The van der Waals surface area contributed by atoms with E-state index < -0.39 is 0 Å². The van der Waals surface area contributed by atoms with Crippen LogP contribution in [0.4, 0.5) is 0 Å². The first-order chi connectivity index (χ1) is 10.7. The van der Waals surface area contributed by atoms with Crippen molar-refractivity contribution in [2.45, 2.75) is 6.92 Å². The van der Waals surface area contributed by atoms with Crippen molar-refractivity contribution in [2.75, 3.05) is 46.2 Å². The second-order valence-electron chi connectivity index (χ2n) is 5.80. The zero-order valence-electron chi connectivity index (χ0n) is 12.8. The molecule has 0 saturated carbocycles. The number of morpholine rings is 1. The number of carbonyl (C=O) groups excluding carboxylic acids is 1. The molecule has 1 aromatic carbocycles. The summed E-state index contributed by atoms with van der Waals surface area (Å²) in [6.07, 6.45) is 0. The van der Waals surface area contributed by atoms with Crippen LogP contribution in [0.15, 0.2) is 18.2 Å². The smallest absolute Gasteiger partial charge is 0.251 e. The van der Waals surface area contributed by atoms with Gasteiger partial charge >= 0.3 is 0 Å². The molecule has 0 radical (unpaired) electrons. The lowest BCUT2D eigenvalue weighted by Gasteiger charge is -2.29. The van der Waals surface area contributed by atoms with Gasteiger partial charge in [0.1, 0.15) is 0 Å². The molecule has 22 heavy (non-hydrogen) atoms. The van der Waals surface area contributed by atoms with Gasteiger partial charge in [-0.2, -0.15) is 0 Å². The van der Waals surface area contributed by atoms with Gasteiger partial charge in [-0.05, 0) is 24.1 Å². The Bertz CT molecular complexity index is 529. The summed E-state index contributed by atoms with van der Waals surface area (Å²) in [6.45, 7) is 7.55.